The summed E-state index contributed by atoms with van der Waals surface area (Å²) in [5, 5.41) is 1.52. The van der Waals surface area contributed by atoms with Crippen LogP contribution in [0.3, 0.4) is 0 Å². The van der Waals surface area contributed by atoms with Gasteiger partial charge >= 0.3 is 0 Å². The molecule has 2 saturated heterocycles. The fraction of sp³-hybridized carbons (Fsp3) is 0.636. The molecule has 5 atom stereocenters. The van der Waals surface area contributed by atoms with Gasteiger partial charge in [0.1, 0.15) is 6.04 Å². The molecule has 5 nitrogen and oxygen atoms in total. The van der Waals surface area contributed by atoms with Gasteiger partial charge in [0.25, 0.3) is 5.91 Å². The first kappa shape index (κ1) is 17.2. The van der Waals surface area contributed by atoms with Gasteiger partial charge in [-0.25, -0.2) is 5.06 Å². The molecule has 2 aliphatic heterocycles. The van der Waals surface area contributed by atoms with Crippen LogP contribution in [0.1, 0.15) is 56.4 Å². The summed E-state index contributed by atoms with van der Waals surface area (Å²) in [6, 6.07) is 10.3. The lowest BCUT2D eigenvalue weighted by Gasteiger charge is -2.34. The van der Waals surface area contributed by atoms with Gasteiger partial charge in [0, 0.05) is 12.0 Å². The Kier molecular flexibility index (Phi) is 4.43. The first-order valence-electron chi connectivity index (χ1n) is 10.6. The van der Waals surface area contributed by atoms with Gasteiger partial charge in [-0.1, -0.05) is 43.2 Å². The lowest BCUT2D eigenvalue weighted by atomic mass is 9.84. The molecule has 0 radical (unpaired) electrons. The first-order chi connectivity index (χ1) is 13.2. The summed E-state index contributed by atoms with van der Waals surface area (Å²) < 4.78 is 0. The third kappa shape index (κ3) is 3.06. The second-order valence-electron chi connectivity index (χ2n) is 8.60. The van der Waals surface area contributed by atoms with E-state index in [4.69, 9.17) is 4.84 Å². The Bertz CT molecular complexity index is 716. The lowest BCUT2D eigenvalue weighted by molar-refractivity contribution is -0.176. The van der Waals surface area contributed by atoms with Crippen LogP contribution >= 0.6 is 0 Å². The van der Waals surface area contributed by atoms with Crippen LogP contribution < -0.4 is 0 Å². The molecule has 5 heteroatoms. The van der Waals surface area contributed by atoms with E-state index in [0.717, 1.165) is 32.1 Å². The van der Waals surface area contributed by atoms with E-state index >= 15 is 0 Å². The van der Waals surface area contributed by atoms with Crippen molar-refractivity contribution in [3.8, 4) is 0 Å². The van der Waals surface area contributed by atoms with Gasteiger partial charge in [-0.15, -0.1) is 0 Å². The van der Waals surface area contributed by atoms with Crippen molar-refractivity contribution in [2.45, 2.75) is 62.9 Å². The summed E-state index contributed by atoms with van der Waals surface area (Å²) in [4.78, 5) is 34.1. The molecular formula is C22H28N2O3. The number of nitrogens with zero attached hydrogens (tertiary/aromatic N) is 2. The van der Waals surface area contributed by atoms with Crippen LogP contribution in [0, 0.1) is 11.8 Å². The highest BCUT2D eigenvalue weighted by Crippen LogP contribution is 2.51. The Morgan fingerprint density at radius 1 is 0.963 bits per heavy atom. The summed E-state index contributed by atoms with van der Waals surface area (Å²) in [6.07, 6.45) is 7.20. The lowest BCUT2D eigenvalue weighted by Crippen LogP contribution is -2.50. The molecule has 4 aliphatic rings. The fourth-order valence-electron chi connectivity index (χ4n) is 5.51. The second kappa shape index (κ2) is 6.93. The standard InChI is InChI=1S/C22H28N2O3/c25-21(18-14-17(18)15-7-2-1-3-8-15)24-19-10-5-4-9-16(19)13-20(24)22(26)23-11-6-12-27-23/h1-3,7-8,16-20H,4-6,9-14H2/t16-,17-,18+,19-,20-/m0/s1. The Labute approximate surface area is 160 Å². The van der Waals surface area contributed by atoms with E-state index in [1.807, 2.05) is 23.1 Å². The minimum atomic E-state index is -0.319. The molecule has 1 aromatic rings. The van der Waals surface area contributed by atoms with Gasteiger partial charge < -0.3 is 4.90 Å². The maximum atomic E-state index is 13.5. The van der Waals surface area contributed by atoms with Crippen molar-refractivity contribution >= 4 is 11.8 Å². The molecule has 0 unspecified atom stereocenters. The number of carbonyl (C=O) groups excluding carboxylic acids is 2. The van der Waals surface area contributed by atoms with Gasteiger partial charge in [-0.2, -0.15) is 0 Å². The molecule has 2 aliphatic carbocycles. The number of amides is 2. The van der Waals surface area contributed by atoms with Gasteiger partial charge in [0.05, 0.1) is 13.2 Å². The van der Waals surface area contributed by atoms with Crippen LogP contribution in [0.15, 0.2) is 30.3 Å². The van der Waals surface area contributed by atoms with E-state index in [2.05, 4.69) is 12.1 Å². The van der Waals surface area contributed by atoms with Crippen molar-refractivity contribution in [2.75, 3.05) is 13.2 Å². The molecule has 2 amide bonds. The Balaban J connectivity index is 1.37. The maximum Gasteiger partial charge on any atom is 0.268 e. The number of benzene rings is 1. The Morgan fingerprint density at radius 3 is 2.56 bits per heavy atom. The van der Waals surface area contributed by atoms with Crippen molar-refractivity contribution in [3.63, 3.8) is 0 Å². The molecule has 2 heterocycles. The predicted octanol–water partition coefficient (Wildman–Crippen LogP) is 3.11. The number of hydrogen-bond acceptors (Lipinski definition) is 3. The summed E-state index contributed by atoms with van der Waals surface area (Å²) in [7, 11) is 0. The first-order valence-corrected chi connectivity index (χ1v) is 10.6. The van der Waals surface area contributed by atoms with Crippen molar-refractivity contribution in [1.29, 1.82) is 0 Å². The summed E-state index contributed by atoms with van der Waals surface area (Å²) >= 11 is 0. The zero-order chi connectivity index (χ0) is 18.4. The predicted molar refractivity (Wildman–Crippen MR) is 101 cm³/mol. The van der Waals surface area contributed by atoms with Crippen LogP contribution in [0.5, 0.6) is 0 Å². The molecule has 0 bridgehead atoms. The SMILES string of the molecule is O=C([C@@H]1C[C@@H]2CCCC[C@@H]2N1C(=O)[C@@H]1C[C@H]1c1ccccc1)N1CCCO1. The highest BCUT2D eigenvalue weighted by Gasteiger charge is 2.54. The normalized spacial score (nSPS) is 35.2. The number of hydroxylamine groups is 2. The Morgan fingerprint density at radius 2 is 1.78 bits per heavy atom. The van der Waals surface area contributed by atoms with E-state index < -0.39 is 0 Å². The molecule has 2 saturated carbocycles. The second-order valence-corrected chi connectivity index (χ2v) is 8.60. The molecule has 5 rings (SSSR count). The Hall–Kier alpha value is -1.88. The van der Waals surface area contributed by atoms with Gasteiger partial charge in [0.15, 0.2) is 0 Å². The van der Waals surface area contributed by atoms with E-state index in [-0.39, 0.29) is 29.8 Å². The minimum absolute atomic E-state index is 0.00663. The highest BCUT2D eigenvalue weighted by atomic mass is 16.7. The van der Waals surface area contributed by atoms with Gasteiger partial charge in [0.2, 0.25) is 5.91 Å². The van der Waals surface area contributed by atoms with E-state index in [1.165, 1.54) is 23.5 Å². The van der Waals surface area contributed by atoms with E-state index in [9.17, 15) is 9.59 Å². The monoisotopic (exact) mass is 368 g/mol. The van der Waals surface area contributed by atoms with Crippen molar-refractivity contribution < 1.29 is 14.4 Å². The highest BCUT2D eigenvalue weighted by molar-refractivity contribution is 5.91. The molecule has 27 heavy (non-hydrogen) atoms. The van der Waals surface area contributed by atoms with Crippen LogP contribution in [-0.2, 0) is 14.4 Å². The van der Waals surface area contributed by atoms with Crippen molar-refractivity contribution in [1.82, 2.24) is 9.96 Å². The molecule has 1 aromatic carbocycles. The zero-order valence-corrected chi connectivity index (χ0v) is 15.8. The van der Waals surface area contributed by atoms with Crippen LogP contribution in [0.2, 0.25) is 0 Å². The number of hydrogen-bond donors (Lipinski definition) is 0. The third-order valence-corrected chi connectivity index (χ3v) is 6.96. The number of rotatable bonds is 3. The minimum Gasteiger partial charge on any atom is -0.327 e. The molecular weight excluding hydrogens is 340 g/mol. The molecule has 144 valence electrons. The van der Waals surface area contributed by atoms with E-state index in [1.54, 1.807) is 0 Å². The number of carbonyl (C=O) groups is 2. The number of fused-ring (bicyclic) bond motifs is 1. The zero-order valence-electron chi connectivity index (χ0n) is 15.8. The fourth-order valence-corrected chi connectivity index (χ4v) is 5.51. The van der Waals surface area contributed by atoms with Crippen molar-refractivity contribution in [3.05, 3.63) is 35.9 Å². The molecule has 0 aromatic heterocycles. The quantitative estimate of drug-likeness (QED) is 0.824. The molecule has 0 N–H and O–H groups in total. The maximum absolute atomic E-state index is 13.5. The van der Waals surface area contributed by atoms with Crippen LogP contribution in [0.25, 0.3) is 0 Å². The average molecular weight is 368 g/mol. The largest absolute Gasteiger partial charge is 0.327 e. The van der Waals surface area contributed by atoms with Crippen LogP contribution in [-0.4, -0.2) is 47.0 Å². The summed E-state index contributed by atoms with van der Waals surface area (Å²) in [6.45, 7) is 1.26. The van der Waals surface area contributed by atoms with Gasteiger partial charge in [-0.05, 0) is 49.5 Å². The van der Waals surface area contributed by atoms with Gasteiger partial charge in [-0.3, -0.25) is 14.4 Å². The number of likely N-dealkylation sites (tertiary alicyclic amines) is 1. The van der Waals surface area contributed by atoms with E-state index in [0.29, 0.717) is 25.0 Å². The molecule has 0 spiro atoms. The average Bonchev–Trinajstić information content (AvgIpc) is 3.14. The topological polar surface area (TPSA) is 49.9 Å². The van der Waals surface area contributed by atoms with Crippen LogP contribution in [0.4, 0.5) is 0 Å². The third-order valence-electron chi connectivity index (χ3n) is 6.96. The molecule has 4 fully saturated rings. The summed E-state index contributed by atoms with van der Waals surface area (Å²) in [5.74, 6) is 1.05. The summed E-state index contributed by atoms with van der Waals surface area (Å²) in [5.41, 5.74) is 1.25. The van der Waals surface area contributed by atoms with Crippen molar-refractivity contribution in [2.24, 2.45) is 11.8 Å². The smallest absolute Gasteiger partial charge is 0.268 e.